The van der Waals surface area contributed by atoms with E-state index in [2.05, 4.69) is 54.0 Å². The number of H-pyrrole nitrogens is 1. The molecule has 0 bridgehead atoms. The van der Waals surface area contributed by atoms with Crippen LogP contribution in [-0.4, -0.2) is 19.2 Å². The van der Waals surface area contributed by atoms with E-state index in [4.69, 9.17) is 9.47 Å². The summed E-state index contributed by atoms with van der Waals surface area (Å²) in [5.41, 5.74) is 4.88. The molecule has 4 nitrogen and oxygen atoms in total. The third-order valence-electron chi connectivity index (χ3n) is 4.86. The summed E-state index contributed by atoms with van der Waals surface area (Å²) in [6.45, 7) is 4.92. The highest BCUT2D eigenvalue weighted by Crippen LogP contribution is 2.37. The lowest BCUT2D eigenvalue weighted by molar-refractivity contribution is -0.730. The maximum absolute atomic E-state index is 5.41. The number of halogens is 1. The van der Waals surface area contributed by atoms with Crippen LogP contribution in [0.5, 0.6) is 5.75 Å². The Bertz CT molecular complexity index is 1090. The van der Waals surface area contributed by atoms with Crippen LogP contribution >= 0.6 is 0 Å². The smallest absolute Gasteiger partial charge is 0.252 e. The normalized spacial score (nSPS) is 11.2. The van der Waals surface area contributed by atoms with Crippen LogP contribution in [0.1, 0.15) is 11.1 Å². The van der Waals surface area contributed by atoms with Gasteiger partial charge in [0.25, 0.3) is 6.73 Å². The summed E-state index contributed by atoms with van der Waals surface area (Å²) < 4.78 is 12.7. The molecule has 2 aromatic heterocycles. The lowest BCUT2D eigenvalue weighted by atomic mass is 9.97. The number of pyridine rings is 1. The molecule has 130 valence electrons. The third-order valence-corrected chi connectivity index (χ3v) is 4.86. The summed E-state index contributed by atoms with van der Waals surface area (Å²) in [5, 5.41) is 4.99. The second-order valence-electron chi connectivity index (χ2n) is 6.24. The first-order valence-corrected chi connectivity index (χ1v) is 8.04. The number of hydrogen-bond donors (Lipinski definition) is 1. The van der Waals surface area contributed by atoms with Crippen LogP contribution in [0.4, 0.5) is 0 Å². The molecule has 4 aromatic rings. The average Bonchev–Trinajstić information content (AvgIpc) is 2.99. The van der Waals surface area contributed by atoms with Crippen molar-refractivity contribution in [2.75, 3.05) is 14.2 Å². The number of ether oxygens (including phenoxy) is 2. The lowest BCUT2D eigenvalue weighted by Crippen LogP contribution is -3.00. The van der Waals surface area contributed by atoms with Crippen LogP contribution in [0, 0.1) is 13.8 Å². The van der Waals surface area contributed by atoms with Crippen LogP contribution < -0.4 is 21.7 Å². The Morgan fingerprint density at radius 2 is 1.80 bits per heavy atom. The molecule has 2 aromatic carbocycles. The fourth-order valence-electron chi connectivity index (χ4n) is 3.63. The van der Waals surface area contributed by atoms with Crippen molar-refractivity contribution in [1.29, 1.82) is 0 Å². The van der Waals surface area contributed by atoms with Crippen LogP contribution in [0.25, 0.3) is 32.6 Å². The minimum atomic E-state index is 0. The number of benzene rings is 2. The molecule has 0 saturated heterocycles. The highest BCUT2D eigenvalue weighted by atomic mass is 35.5. The van der Waals surface area contributed by atoms with E-state index in [-0.39, 0.29) is 12.4 Å². The van der Waals surface area contributed by atoms with Gasteiger partial charge in [0.05, 0.1) is 12.6 Å². The first-order valence-electron chi connectivity index (χ1n) is 8.04. The summed E-state index contributed by atoms with van der Waals surface area (Å²) in [6, 6.07) is 8.36. The number of methoxy groups -OCH3 is 2. The molecular formula is C20H21ClN2O2. The first-order chi connectivity index (χ1) is 11.6. The number of rotatable bonds is 3. The molecule has 25 heavy (non-hydrogen) atoms. The largest absolute Gasteiger partial charge is 1.00 e. The van der Waals surface area contributed by atoms with Crippen LogP contribution in [0.3, 0.4) is 0 Å². The van der Waals surface area contributed by atoms with Gasteiger partial charge in [-0.3, -0.25) is 0 Å². The van der Waals surface area contributed by atoms with Crippen molar-refractivity contribution in [3.05, 3.63) is 47.8 Å². The lowest BCUT2D eigenvalue weighted by Gasteiger charge is -2.08. The van der Waals surface area contributed by atoms with Crippen molar-refractivity contribution in [3.8, 4) is 5.75 Å². The summed E-state index contributed by atoms with van der Waals surface area (Å²) in [6.07, 6.45) is 4.23. The van der Waals surface area contributed by atoms with Gasteiger partial charge in [0, 0.05) is 34.9 Å². The van der Waals surface area contributed by atoms with E-state index in [1.54, 1.807) is 14.2 Å². The quantitative estimate of drug-likeness (QED) is 0.556. The summed E-state index contributed by atoms with van der Waals surface area (Å²) >= 11 is 0. The molecule has 0 unspecified atom stereocenters. The number of nitrogens with one attached hydrogen (secondary N) is 1. The Balaban J connectivity index is 0.00000182. The number of nitrogens with zero attached hydrogens (tertiary/aromatic N) is 1. The second-order valence-corrected chi connectivity index (χ2v) is 6.24. The molecule has 0 amide bonds. The molecule has 0 radical (unpaired) electrons. The van der Waals surface area contributed by atoms with Gasteiger partial charge in [-0.05, 0) is 48.6 Å². The van der Waals surface area contributed by atoms with E-state index < -0.39 is 0 Å². The molecule has 4 rings (SSSR count). The van der Waals surface area contributed by atoms with E-state index in [0.717, 1.165) is 11.3 Å². The highest BCUT2D eigenvalue weighted by molar-refractivity contribution is 6.16. The zero-order valence-corrected chi connectivity index (χ0v) is 15.6. The SMILES string of the molecule is COC[n+]1ccc2c(C)c3[nH]c4ccc(OC)cc4c3c(C)c2c1.[Cl-]. The van der Waals surface area contributed by atoms with E-state index in [9.17, 15) is 0 Å². The van der Waals surface area contributed by atoms with Gasteiger partial charge in [-0.15, -0.1) is 0 Å². The van der Waals surface area contributed by atoms with E-state index in [1.165, 1.54) is 38.2 Å². The van der Waals surface area contributed by atoms with Crippen molar-refractivity contribution in [1.82, 2.24) is 4.98 Å². The molecule has 1 N–H and O–H groups in total. The van der Waals surface area contributed by atoms with Gasteiger partial charge in [-0.2, -0.15) is 4.57 Å². The highest BCUT2D eigenvalue weighted by Gasteiger charge is 2.16. The zero-order valence-electron chi connectivity index (χ0n) is 14.8. The summed E-state index contributed by atoms with van der Waals surface area (Å²) in [7, 11) is 3.42. The van der Waals surface area contributed by atoms with E-state index in [0.29, 0.717) is 6.73 Å². The van der Waals surface area contributed by atoms with Gasteiger partial charge in [-0.1, -0.05) is 0 Å². The topological polar surface area (TPSA) is 38.1 Å². The maximum Gasteiger partial charge on any atom is 0.252 e. The summed E-state index contributed by atoms with van der Waals surface area (Å²) in [5.74, 6) is 0.878. The number of fused-ring (bicyclic) bond motifs is 4. The van der Waals surface area contributed by atoms with Crippen molar-refractivity contribution in [3.63, 3.8) is 0 Å². The minimum absolute atomic E-state index is 0. The van der Waals surface area contributed by atoms with Gasteiger partial charge in [-0.25, -0.2) is 0 Å². The van der Waals surface area contributed by atoms with Crippen LogP contribution in [0.15, 0.2) is 36.7 Å². The summed E-state index contributed by atoms with van der Waals surface area (Å²) in [4.78, 5) is 3.58. The van der Waals surface area contributed by atoms with Crippen molar-refractivity contribution in [2.24, 2.45) is 0 Å². The molecular weight excluding hydrogens is 336 g/mol. The van der Waals surface area contributed by atoms with Gasteiger partial charge >= 0.3 is 0 Å². The minimum Gasteiger partial charge on any atom is -1.00 e. The number of hydrogen-bond acceptors (Lipinski definition) is 2. The number of aromatic amines is 1. The van der Waals surface area contributed by atoms with E-state index >= 15 is 0 Å². The molecule has 0 aliphatic carbocycles. The molecule has 5 heteroatoms. The van der Waals surface area contributed by atoms with Gasteiger partial charge in [0.15, 0.2) is 12.4 Å². The number of aryl methyl sites for hydroxylation is 2. The Morgan fingerprint density at radius 1 is 1.00 bits per heavy atom. The molecule has 0 fully saturated rings. The average molecular weight is 357 g/mol. The molecule has 2 heterocycles. The maximum atomic E-state index is 5.41. The fourth-order valence-corrected chi connectivity index (χ4v) is 3.63. The first kappa shape index (κ1) is 17.5. The Morgan fingerprint density at radius 3 is 2.52 bits per heavy atom. The number of aromatic nitrogens is 2. The molecule has 0 saturated carbocycles. The second kappa shape index (κ2) is 6.54. The Labute approximate surface area is 152 Å². The fraction of sp³-hybridized carbons (Fsp3) is 0.250. The Kier molecular flexibility index (Phi) is 4.58. The van der Waals surface area contributed by atoms with Gasteiger partial charge in [0.1, 0.15) is 5.75 Å². The molecule has 0 aliphatic rings. The van der Waals surface area contributed by atoms with Crippen molar-refractivity contribution < 1.29 is 26.4 Å². The van der Waals surface area contributed by atoms with Gasteiger partial charge in [0.2, 0.25) is 0 Å². The molecule has 0 spiro atoms. The van der Waals surface area contributed by atoms with Crippen LogP contribution in [-0.2, 0) is 11.5 Å². The molecule has 0 aliphatic heterocycles. The van der Waals surface area contributed by atoms with Crippen molar-refractivity contribution in [2.45, 2.75) is 20.6 Å². The standard InChI is InChI=1S/C20H20N2O2.ClH/c1-12-17-10-22(11-23-3)8-7-15(17)13(2)20-19(12)16-9-14(24-4)5-6-18(16)21-20;/h5-10H,11H2,1-4H3;1H. The van der Waals surface area contributed by atoms with Gasteiger partial charge < -0.3 is 26.9 Å². The zero-order chi connectivity index (χ0) is 16.8. The molecule has 0 atom stereocenters. The van der Waals surface area contributed by atoms with Crippen LogP contribution in [0.2, 0.25) is 0 Å². The van der Waals surface area contributed by atoms with Crippen molar-refractivity contribution >= 4 is 32.6 Å². The third kappa shape index (κ3) is 2.62. The predicted octanol–water partition coefficient (Wildman–Crippen LogP) is 0.995. The Hall–Kier alpha value is -2.30. The predicted molar refractivity (Wildman–Crippen MR) is 96.5 cm³/mol. The monoisotopic (exact) mass is 356 g/mol. The van der Waals surface area contributed by atoms with E-state index in [1.807, 2.05) is 6.07 Å².